The molecule has 0 spiro atoms. The second-order valence-corrected chi connectivity index (χ2v) is 5.38. The number of nitrogens with one attached hydrogen (secondary N) is 1. The lowest BCUT2D eigenvalue weighted by atomic mass is 9.77. The smallest absolute Gasteiger partial charge is 0.310 e. The lowest BCUT2D eigenvalue weighted by Crippen LogP contribution is -2.40. The number of carbonyl (C=O) groups excluding carboxylic acids is 1. The van der Waals surface area contributed by atoms with Gasteiger partial charge in [-0.3, -0.25) is 9.59 Å². The van der Waals surface area contributed by atoms with Gasteiger partial charge < -0.3 is 19.9 Å². The van der Waals surface area contributed by atoms with Crippen molar-refractivity contribution < 1.29 is 24.2 Å². The van der Waals surface area contributed by atoms with Crippen LogP contribution in [0.3, 0.4) is 0 Å². The van der Waals surface area contributed by atoms with Gasteiger partial charge in [-0.15, -0.1) is 0 Å². The Hall–Kier alpha value is -1.14. The molecule has 1 amide bonds. The third-order valence-electron chi connectivity index (χ3n) is 4.00. The Kier molecular flexibility index (Phi) is 6.95. The van der Waals surface area contributed by atoms with Crippen molar-refractivity contribution in [1.29, 1.82) is 0 Å². The zero-order valence-electron chi connectivity index (χ0n) is 12.3. The molecule has 0 radical (unpaired) electrons. The highest BCUT2D eigenvalue weighted by atomic mass is 16.7. The summed E-state index contributed by atoms with van der Waals surface area (Å²) in [6, 6.07) is 0. The van der Waals surface area contributed by atoms with Crippen LogP contribution < -0.4 is 5.32 Å². The first-order valence-electron chi connectivity index (χ1n) is 7.10. The molecule has 0 bridgehead atoms. The van der Waals surface area contributed by atoms with Crippen molar-refractivity contribution in [3.63, 3.8) is 0 Å². The number of aliphatic carboxylic acids is 1. The molecule has 0 atom stereocenters. The number of ether oxygens (including phenoxy) is 2. The molecule has 0 aromatic heterocycles. The summed E-state index contributed by atoms with van der Waals surface area (Å²) in [6.07, 6.45) is 4.52. The van der Waals surface area contributed by atoms with Crippen molar-refractivity contribution >= 4 is 11.9 Å². The van der Waals surface area contributed by atoms with Crippen molar-refractivity contribution in [1.82, 2.24) is 5.32 Å². The first kappa shape index (κ1) is 16.9. The van der Waals surface area contributed by atoms with E-state index >= 15 is 0 Å². The maximum atomic E-state index is 12.0. The molecular weight excluding hydrogens is 262 g/mol. The van der Waals surface area contributed by atoms with E-state index in [0.717, 1.165) is 25.7 Å². The summed E-state index contributed by atoms with van der Waals surface area (Å²) in [4.78, 5) is 23.6. The van der Waals surface area contributed by atoms with Crippen LogP contribution in [0, 0.1) is 5.41 Å². The summed E-state index contributed by atoms with van der Waals surface area (Å²) in [7, 11) is 2.98. The second kappa shape index (κ2) is 8.21. The van der Waals surface area contributed by atoms with Crippen molar-refractivity contribution in [2.75, 3.05) is 20.8 Å². The maximum absolute atomic E-state index is 12.0. The molecule has 1 saturated carbocycles. The minimum absolute atomic E-state index is 0.0302. The fourth-order valence-electron chi connectivity index (χ4n) is 2.70. The Balaban J connectivity index is 2.56. The second-order valence-electron chi connectivity index (χ2n) is 5.38. The molecule has 0 aliphatic heterocycles. The van der Waals surface area contributed by atoms with Gasteiger partial charge in [-0.25, -0.2) is 0 Å². The van der Waals surface area contributed by atoms with Crippen LogP contribution in [0.25, 0.3) is 0 Å². The van der Waals surface area contributed by atoms with Crippen LogP contribution in [0.1, 0.15) is 44.9 Å². The largest absolute Gasteiger partial charge is 0.481 e. The third kappa shape index (κ3) is 4.76. The third-order valence-corrected chi connectivity index (χ3v) is 4.00. The zero-order valence-corrected chi connectivity index (χ0v) is 12.3. The molecule has 116 valence electrons. The summed E-state index contributed by atoms with van der Waals surface area (Å²) in [6.45, 7) is 0.224. The van der Waals surface area contributed by atoms with E-state index in [1.807, 2.05) is 0 Å². The number of methoxy groups -OCH3 is 2. The topological polar surface area (TPSA) is 84.9 Å². The quantitative estimate of drug-likeness (QED) is 0.548. The highest BCUT2D eigenvalue weighted by molar-refractivity contribution is 5.85. The number of carbonyl (C=O) groups is 2. The van der Waals surface area contributed by atoms with Crippen molar-refractivity contribution in [3.05, 3.63) is 0 Å². The van der Waals surface area contributed by atoms with Crippen LogP contribution in [-0.4, -0.2) is 44.0 Å². The molecule has 1 aliphatic rings. The summed E-state index contributed by atoms with van der Waals surface area (Å²) in [5, 5.41) is 12.2. The monoisotopic (exact) mass is 287 g/mol. The molecule has 1 aliphatic carbocycles. The first-order valence-corrected chi connectivity index (χ1v) is 7.10. The number of rotatable bonds is 7. The van der Waals surface area contributed by atoms with Gasteiger partial charge in [-0.1, -0.05) is 25.7 Å². The van der Waals surface area contributed by atoms with E-state index in [1.54, 1.807) is 0 Å². The van der Waals surface area contributed by atoms with Crippen LogP contribution in [0.4, 0.5) is 0 Å². The van der Waals surface area contributed by atoms with Crippen LogP contribution in [0.5, 0.6) is 0 Å². The number of carboxylic acids is 1. The molecule has 1 rings (SSSR count). The molecule has 1 fully saturated rings. The van der Waals surface area contributed by atoms with Crippen LogP contribution >= 0.6 is 0 Å². The Morgan fingerprint density at radius 1 is 1.15 bits per heavy atom. The van der Waals surface area contributed by atoms with E-state index in [4.69, 9.17) is 9.47 Å². The zero-order chi connectivity index (χ0) is 15.0. The standard InChI is InChI=1S/C14H25NO5/c1-19-12(20-2)10-15-11(16)9-14(13(17)18)7-5-3-4-6-8-14/h12H,3-10H2,1-2H3,(H,15,16)(H,17,18). The normalized spacial score (nSPS) is 18.6. The molecule has 6 heteroatoms. The highest BCUT2D eigenvalue weighted by Crippen LogP contribution is 2.38. The van der Waals surface area contributed by atoms with Crippen LogP contribution in [0.15, 0.2) is 0 Å². The molecule has 0 saturated heterocycles. The van der Waals surface area contributed by atoms with Gasteiger partial charge in [0, 0.05) is 20.6 Å². The Bertz CT molecular complexity index is 320. The molecule has 0 unspecified atom stereocenters. The van der Waals surface area contributed by atoms with E-state index in [-0.39, 0.29) is 18.9 Å². The summed E-state index contributed by atoms with van der Waals surface area (Å²) >= 11 is 0. The number of amides is 1. The molecule has 20 heavy (non-hydrogen) atoms. The van der Waals surface area contributed by atoms with E-state index < -0.39 is 17.7 Å². The van der Waals surface area contributed by atoms with Gasteiger partial charge in [0.15, 0.2) is 6.29 Å². The minimum Gasteiger partial charge on any atom is -0.481 e. The predicted octanol–water partition coefficient (Wildman–Crippen LogP) is 1.54. The molecule has 0 aromatic rings. The lowest BCUT2D eigenvalue weighted by molar-refractivity contribution is -0.153. The maximum Gasteiger partial charge on any atom is 0.310 e. The Labute approximate surface area is 119 Å². The molecular formula is C14H25NO5. The van der Waals surface area contributed by atoms with Gasteiger partial charge in [0.05, 0.1) is 12.0 Å². The molecule has 0 aromatic carbocycles. The summed E-state index contributed by atoms with van der Waals surface area (Å²) < 4.78 is 9.96. The summed E-state index contributed by atoms with van der Waals surface area (Å²) in [5.74, 6) is -1.11. The number of carboxylic acid groups (broad SMARTS) is 1. The number of hydrogen-bond acceptors (Lipinski definition) is 4. The SMILES string of the molecule is COC(CNC(=O)CC1(C(=O)O)CCCCCC1)OC. The van der Waals surface area contributed by atoms with E-state index in [1.165, 1.54) is 14.2 Å². The van der Waals surface area contributed by atoms with Crippen molar-refractivity contribution in [2.24, 2.45) is 5.41 Å². The van der Waals surface area contributed by atoms with Gasteiger partial charge >= 0.3 is 5.97 Å². The fourth-order valence-corrected chi connectivity index (χ4v) is 2.70. The van der Waals surface area contributed by atoms with Crippen LogP contribution in [-0.2, 0) is 19.1 Å². The van der Waals surface area contributed by atoms with Gasteiger partial charge in [-0.05, 0) is 12.8 Å². The van der Waals surface area contributed by atoms with E-state index in [2.05, 4.69) is 5.32 Å². The molecule has 0 heterocycles. The van der Waals surface area contributed by atoms with Gasteiger partial charge in [0.1, 0.15) is 0 Å². The Morgan fingerprint density at radius 2 is 1.70 bits per heavy atom. The predicted molar refractivity (Wildman–Crippen MR) is 73.2 cm³/mol. The van der Waals surface area contributed by atoms with E-state index in [9.17, 15) is 14.7 Å². The fraction of sp³-hybridized carbons (Fsp3) is 0.857. The van der Waals surface area contributed by atoms with Gasteiger partial charge in [0.25, 0.3) is 0 Å². The van der Waals surface area contributed by atoms with Crippen molar-refractivity contribution in [2.45, 2.75) is 51.2 Å². The summed E-state index contributed by atoms with van der Waals surface area (Å²) in [5.41, 5.74) is -0.907. The Morgan fingerprint density at radius 3 is 2.15 bits per heavy atom. The average molecular weight is 287 g/mol. The minimum atomic E-state index is -0.907. The lowest BCUT2D eigenvalue weighted by Gasteiger charge is -2.27. The number of hydrogen-bond donors (Lipinski definition) is 2. The average Bonchev–Trinajstić information content (AvgIpc) is 2.66. The van der Waals surface area contributed by atoms with Gasteiger partial charge in [-0.2, -0.15) is 0 Å². The van der Waals surface area contributed by atoms with Gasteiger partial charge in [0.2, 0.25) is 5.91 Å². The van der Waals surface area contributed by atoms with Crippen LogP contribution in [0.2, 0.25) is 0 Å². The first-order chi connectivity index (χ1) is 9.54. The molecule has 6 nitrogen and oxygen atoms in total. The van der Waals surface area contributed by atoms with Crippen molar-refractivity contribution in [3.8, 4) is 0 Å². The molecule has 2 N–H and O–H groups in total. The van der Waals surface area contributed by atoms with E-state index in [0.29, 0.717) is 12.8 Å². The highest BCUT2D eigenvalue weighted by Gasteiger charge is 2.40.